The number of nitrogen functional groups attached to an aromatic ring is 1. The van der Waals surface area contributed by atoms with E-state index in [2.05, 4.69) is 26.2 Å². The number of hydrogen-bond acceptors (Lipinski definition) is 4. The molecule has 2 aromatic rings. The van der Waals surface area contributed by atoms with Gasteiger partial charge in [0.1, 0.15) is 0 Å². The molecule has 4 nitrogen and oxygen atoms in total. The molecule has 0 unspecified atom stereocenters. The van der Waals surface area contributed by atoms with E-state index < -0.39 is 0 Å². The van der Waals surface area contributed by atoms with Crippen molar-refractivity contribution in [1.82, 2.24) is 4.98 Å². The van der Waals surface area contributed by atoms with Crippen LogP contribution in [0.1, 0.15) is 19.3 Å². The average Bonchev–Trinajstić information content (AvgIpc) is 3.29. The van der Waals surface area contributed by atoms with Crippen molar-refractivity contribution in [1.29, 1.82) is 0 Å². The normalized spacial score (nSPS) is 14.5. The van der Waals surface area contributed by atoms with E-state index in [1.165, 1.54) is 12.8 Å². The van der Waals surface area contributed by atoms with Gasteiger partial charge in [-0.2, -0.15) is 0 Å². The second-order valence-corrected chi connectivity index (χ2v) is 6.47. The highest BCUT2D eigenvalue weighted by Gasteiger charge is 2.20. The number of hydrogen-bond donors (Lipinski definition) is 2. The van der Waals surface area contributed by atoms with Crippen LogP contribution in [0.5, 0.6) is 0 Å². The Morgan fingerprint density at radius 3 is 3.05 bits per heavy atom. The largest absolute Gasteiger partial charge is 0.398 e. The molecular weight excluding hydrogens is 330 g/mol. The van der Waals surface area contributed by atoms with Crippen molar-refractivity contribution in [3.8, 4) is 0 Å². The number of fused-ring (bicyclic) bond motifs is 1. The van der Waals surface area contributed by atoms with Crippen LogP contribution in [0.3, 0.4) is 0 Å². The number of benzene rings is 1. The summed E-state index contributed by atoms with van der Waals surface area (Å²) in [6.45, 7) is 2.62. The summed E-state index contributed by atoms with van der Waals surface area (Å²) in [5, 5.41) is 4.40. The van der Waals surface area contributed by atoms with Gasteiger partial charge in [-0.3, -0.25) is 4.98 Å². The zero-order chi connectivity index (χ0) is 14.7. The Morgan fingerprint density at radius 1 is 1.38 bits per heavy atom. The number of nitrogens with two attached hydrogens (primary N) is 1. The first kappa shape index (κ1) is 14.6. The Hall–Kier alpha value is -1.33. The minimum absolute atomic E-state index is 0.747. The topological polar surface area (TPSA) is 60.2 Å². The SMILES string of the molecule is Nc1ccc(NCCCOCC2CC2)c2ncc(Br)cc12. The summed E-state index contributed by atoms with van der Waals surface area (Å²) in [6.07, 6.45) is 5.48. The lowest BCUT2D eigenvalue weighted by Gasteiger charge is -2.11. The molecule has 1 aromatic carbocycles. The minimum atomic E-state index is 0.747. The zero-order valence-corrected chi connectivity index (χ0v) is 13.5. The first-order chi connectivity index (χ1) is 10.2. The Kier molecular flexibility index (Phi) is 4.60. The Balaban J connectivity index is 1.57. The van der Waals surface area contributed by atoms with Gasteiger partial charge >= 0.3 is 0 Å². The highest BCUT2D eigenvalue weighted by atomic mass is 79.9. The molecule has 1 aromatic heterocycles. The van der Waals surface area contributed by atoms with Gasteiger partial charge in [-0.05, 0) is 59.3 Å². The number of pyridine rings is 1. The van der Waals surface area contributed by atoms with Gasteiger partial charge in [0.05, 0.1) is 11.2 Å². The summed E-state index contributed by atoms with van der Waals surface area (Å²) in [5.41, 5.74) is 8.70. The summed E-state index contributed by atoms with van der Waals surface area (Å²) < 4.78 is 6.57. The maximum Gasteiger partial charge on any atom is 0.0954 e. The molecule has 5 heteroatoms. The Labute approximate surface area is 133 Å². The van der Waals surface area contributed by atoms with Crippen LogP contribution in [0.15, 0.2) is 28.9 Å². The van der Waals surface area contributed by atoms with E-state index in [0.717, 1.165) is 58.8 Å². The van der Waals surface area contributed by atoms with E-state index in [4.69, 9.17) is 10.5 Å². The van der Waals surface area contributed by atoms with Gasteiger partial charge in [0.15, 0.2) is 0 Å². The van der Waals surface area contributed by atoms with Crippen LogP contribution in [0, 0.1) is 5.92 Å². The molecule has 21 heavy (non-hydrogen) atoms. The molecule has 1 aliphatic rings. The Morgan fingerprint density at radius 2 is 2.24 bits per heavy atom. The molecule has 3 rings (SSSR count). The number of nitrogens with one attached hydrogen (secondary N) is 1. The standard InChI is InChI=1S/C16H20BrN3O/c17-12-8-13-14(18)4-5-15(16(13)20-9-12)19-6-1-7-21-10-11-2-3-11/h4-5,8-9,11,19H,1-3,6-7,10,18H2. The quantitative estimate of drug-likeness (QED) is 0.589. The highest BCUT2D eigenvalue weighted by Crippen LogP contribution is 2.29. The summed E-state index contributed by atoms with van der Waals surface area (Å²) in [4.78, 5) is 4.47. The fraction of sp³-hybridized carbons (Fsp3) is 0.438. The van der Waals surface area contributed by atoms with E-state index in [0.29, 0.717) is 0 Å². The van der Waals surface area contributed by atoms with Crippen LogP contribution in [-0.2, 0) is 4.74 Å². The van der Waals surface area contributed by atoms with Gasteiger partial charge in [0, 0.05) is 41.5 Å². The molecule has 0 aliphatic heterocycles. The third kappa shape index (κ3) is 3.86. The van der Waals surface area contributed by atoms with Gasteiger partial charge in [-0.25, -0.2) is 0 Å². The van der Waals surface area contributed by atoms with Crippen molar-refractivity contribution in [3.05, 3.63) is 28.9 Å². The fourth-order valence-corrected chi connectivity index (χ4v) is 2.62. The first-order valence-corrected chi connectivity index (χ1v) is 8.18. The third-order valence-electron chi connectivity index (χ3n) is 3.68. The lowest BCUT2D eigenvalue weighted by molar-refractivity contribution is 0.124. The van der Waals surface area contributed by atoms with Crippen molar-refractivity contribution in [2.24, 2.45) is 5.92 Å². The number of nitrogens with zero attached hydrogens (tertiary/aromatic N) is 1. The summed E-state index contributed by atoms with van der Waals surface area (Å²) in [7, 11) is 0. The van der Waals surface area contributed by atoms with Crippen molar-refractivity contribution in [2.75, 3.05) is 30.8 Å². The molecule has 0 radical (unpaired) electrons. The van der Waals surface area contributed by atoms with Crippen molar-refractivity contribution in [3.63, 3.8) is 0 Å². The zero-order valence-electron chi connectivity index (χ0n) is 11.9. The van der Waals surface area contributed by atoms with Crippen molar-refractivity contribution >= 4 is 38.2 Å². The summed E-state index contributed by atoms with van der Waals surface area (Å²) in [5.74, 6) is 0.835. The average molecular weight is 350 g/mol. The van der Waals surface area contributed by atoms with Crippen molar-refractivity contribution < 1.29 is 4.74 Å². The molecule has 0 atom stereocenters. The van der Waals surface area contributed by atoms with E-state index >= 15 is 0 Å². The van der Waals surface area contributed by atoms with Gasteiger partial charge < -0.3 is 15.8 Å². The number of halogens is 1. The third-order valence-corrected chi connectivity index (χ3v) is 4.12. The van der Waals surface area contributed by atoms with Crippen LogP contribution in [0.25, 0.3) is 10.9 Å². The number of aromatic nitrogens is 1. The van der Waals surface area contributed by atoms with Gasteiger partial charge in [0.25, 0.3) is 0 Å². The molecule has 0 amide bonds. The van der Waals surface area contributed by atoms with Crippen molar-refractivity contribution in [2.45, 2.75) is 19.3 Å². The molecule has 3 N–H and O–H groups in total. The second-order valence-electron chi connectivity index (χ2n) is 5.55. The maximum absolute atomic E-state index is 6.01. The predicted molar refractivity (Wildman–Crippen MR) is 90.5 cm³/mol. The van der Waals surface area contributed by atoms with E-state index in [9.17, 15) is 0 Å². The molecule has 1 saturated carbocycles. The molecule has 0 bridgehead atoms. The number of rotatable bonds is 7. The molecule has 1 aliphatic carbocycles. The second kappa shape index (κ2) is 6.62. The minimum Gasteiger partial charge on any atom is -0.398 e. The molecule has 1 fully saturated rings. The van der Waals surface area contributed by atoms with Crippen LogP contribution >= 0.6 is 15.9 Å². The van der Waals surface area contributed by atoms with Crippen LogP contribution < -0.4 is 11.1 Å². The van der Waals surface area contributed by atoms with Gasteiger partial charge in [-0.15, -0.1) is 0 Å². The van der Waals surface area contributed by atoms with E-state index in [1.54, 1.807) is 6.20 Å². The lowest BCUT2D eigenvalue weighted by atomic mass is 10.1. The van der Waals surface area contributed by atoms with E-state index in [-0.39, 0.29) is 0 Å². The highest BCUT2D eigenvalue weighted by molar-refractivity contribution is 9.10. The summed E-state index contributed by atoms with van der Waals surface area (Å²) >= 11 is 3.43. The van der Waals surface area contributed by atoms with Crippen LogP contribution in [0.2, 0.25) is 0 Å². The maximum atomic E-state index is 6.01. The van der Waals surface area contributed by atoms with Gasteiger partial charge in [-0.1, -0.05) is 0 Å². The lowest BCUT2D eigenvalue weighted by Crippen LogP contribution is -2.07. The fourth-order valence-electron chi connectivity index (χ4n) is 2.29. The molecule has 0 spiro atoms. The van der Waals surface area contributed by atoms with Gasteiger partial charge in [0.2, 0.25) is 0 Å². The monoisotopic (exact) mass is 349 g/mol. The molecular formula is C16H20BrN3O. The number of anilines is 2. The summed E-state index contributed by atoms with van der Waals surface area (Å²) in [6, 6.07) is 5.91. The Bertz CT molecular complexity index is 628. The predicted octanol–water partition coefficient (Wildman–Crippen LogP) is 3.81. The van der Waals surface area contributed by atoms with Crippen LogP contribution in [-0.4, -0.2) is 24.7 Å². The van der Waals surface area contributed by atoms with Crippen LogP contribution in [0.4, 0.5) is 11.4 Å². The first-order valence-electron chi connectivity index (χ1n) is 7.39. The molecule has 0 saturated heterocycles. The number of ether oxygens (including phenoxy) is 1. The molecule has 112 valence electrons. The smallest absolute Gasteiger partial charge is 0.0954 e. The van der Waals surface area contributed by atoms with E-state index in [1.807, 2.05) is 18.2 Å². The molecule has 1 heterocycles.